The molecule has 2 aromatic carbocycles. The highest BCUT2D eigenvalue weighted by Crippen LogP contribution is 2.29. The van der Waals surface area contributed by atoms with E-state index in [4.69, 9.17) is 21.1 Å². The molecule has 2 aromatic rings. The van der Waals surface area contributed by atoms with Crippen molar-refractivity contribution in [2.45, 2.75) is 19.6 Å². The van der Waals surface area contributed by atoms with Gasteiger partial charge in [-0.05, 0) is 42.8 Å². The Labute approximate surface area is 158 Å². The summed E-state index contributed by atoms with van der Waals surface area (Å²) in [6.07, 6.45) is 0. The molecule has 0 unspecified atom stereocenters. The molecule has 26 heavy (non-hydrogen) atoms. The number of benzene rings is 2. The molecule has 1 amide bonds. The largest absolute Gasteiger partial charge is 0.493 e. The molecule has 1 heterocycles. The van der Waals surface area contributed by atoms with Gasteiger partial charge in [-0.2, -0.15) is 0 Å². The third-order valence-electron chi connectivity index (χ3n) is 4.48. The molecule has 1 aliphatic rings. The minimum absolute atomic E-state index is 0.0153. The fourth-order valence-corrected chi connectivity index (χ4v) is 3.10. The van der Waals surface area contributed by atoms with Crippen LogP contribution in [0.25, 0.3) is 0 Å². The van der Waals surface area contributed by atoms with Crippen LogP contribution in [0.3, 0.4) is 0 Å². The Hall–Kier alpha value is -2.24. The van der Waals surface area contributed by atoms with Crippen molar-refractivity contribution in [2.75, 3.05) is 26.7 Å². The highest BCUT2D eigenvalue weighted by molar-refractivity contribution is 6.30. The smallest absolute Gasteiger partial charge is 0.254 e. The Bertz CT molecular complexity index is 764. The van der Waals surface area contributed by atoms with Crippen molar-refractivity contribution in [3.63, 3.8) is 0 Å². The molecule has 1 atom stereocenters. The Morgan fingerprint density at radius 1 is 1.23 bits per heavy atom. The highest BCUT2D eigenvalue weighted by atomic mass is 35.5. The molecule has 0 saturated carbocycles. The maximum absolute atomic E-state index is 12.8. The quantitative estimate of drug-likeness (QED) is 0.871. The molecule has 1 fully saturated rings. The van der Waals surface area contributed by atoms with Crippen molar-refractivity contribution in [1.82, 2.24) is 10.2 Å². The van der Waals surface area contributed by atoms with Crippen molar-refractivity contribution in [1.29, 1.82) is 0 Å². The van der Waals surface area contributed by atoms with Gasteiger partial charge in [0.25, 0.3) is 5.91 Å². The number of nitrogens with zero attached hydrogens (tertiary/aromatic N) is 1. The molecule has 0 aromatic heterocycles. The molecule has 0 spiro atoms. The van der Waals surface area contributed by atoms with Gasteiger partial charge < -0.3 is 19.7 Å². The zero-order valence-electron chi connectivity index (χ0n) is 15.0. The molecule has 6 heteroatoms. The fourth-order valence-electron chi connectivity index (χ4n) is 2.97. The molecular formula is C20H23ClN2O3. The average molecular weight is 375 g/mol. The summed E-state index contributed by atoms with van der Waals surface area (Å²) < 4.78 is 11.3. The monoisotopic (exact) mass is 374 g/mol. The van der Waals surface area contributed by atoms with E-state index in [1.54, 1.807) is 25.3 Å². The summed E-state index contributed by atoms with van der Waals surface area (Å²) in [4.78, 5) is 14.7. The van der Waals surface area contributed by atoms with Gasteiger partial charge in [0.05, 0.1) is 7.11 Å². The third kappa shape index (κ3) is 4.29. The van der Waals surface area contributed by atoms with E-state index in [2.05, 4.69) is 5.32 Å². The van der Waals surface area contributed by atoms with Crippen LogP contribution < -0.4 is 14.8 Å². The number of hydrogen-bond donors (Lipinski definition) is 1. The van der Waals surface area contributed by atoms with Gasteiger partial charge in [0, 0.05) is 36.3 Å². The van der Waals surface area contributed by atoms with Crippen LogP contribution in [0.1, 0.15) is 22.8 Å². The van der Waals surface area contributed by atoms with Crippen LogP contribution in [0.4, 0.5) is 0 Å². The summed E-state index contributed by atoms with van der Waals surface area (Å²) in [7, 11) is 1.58. The summed E-state index contributed by atoms with van der Waals surface area (Å²) in [5.41, 5.74) is 1.61. The molecule has 1 saturated heterocycles. The van der Waals surface area contributed by atoms with Crippen molar-refractivity contribution < 1.29 is 14.3 Å². The van der Waals surface area contributed by atoms with E-state index in [1.807, 2.05) is 36.1 Å². The van der Waals surface area contributed by atoms with Gasteiger partial charge in [0.1, 0.15) is 6.61 Å². The number of rotatable bonds is 5. The number of carbonyl (C=O) groups excluding carboxylic acids is 1. The van der Waals surface area contributed by atoms with Gasteiger partial charge in [-0.25, -0.2) is 0 Å². The summed E-state index contributed by atoms with van der Waals surface area (Å²) >= 11 is 5.90. The Kier molecular flexibility index (Phi) is 6.01. The van der Waals surface area contributed by atoms with E-state index in [0.717, 1.165) is 18.7 Å². The molecule has 1 aliphatic heterocycles. The predicted octanol–water partition coefficient (Wildman–Crippen LogP) is 3.36. The van der Waals surface area contributed by atoms with Crippen LogP contribution >= 0.6 is 11.6 Å². The lowest BCUT2D eigenvalue weighted by molar-refractivity contribution is 0.0655. The lowest BCUT2D eigenvalue weighted by atomic mass is 10.1. The molecule has 138 valence electrons. The maximum Gasteiger partial charge on any atom is 0.254 e. The molecule has 0 bridgehead atoms. The van der Waals surface area contributed by atoms with E-state index in [0.29, 0.717) is 35.2 Å². The van der Waals surface area contributed by atoms with Crippen LogP contribution in [-0.4, -0.2) is 43.6 Å². The summed E-state index contributed by atoms with van der Waals surface area (Å²) in [6, 6.07) is 13.0. The minimum atomic E-state index is 0.0153. The van der Waals surface area contributed by atoms with E-state index in [-0.39, 0.29) is 11.9 Å². The zero-order chi connectivity index (χ0) is 18.5. The number of halogens is 1. The number of nitrogens with one attached hydrogen (secondary N) is 1. The standard InChI is InChI=1S/C20H23ClN2O3/c1-14-12-22-9-10-23(14)20(24)16-5-8-18(19(11-16)25-2)26-13-15-3-6-17(21)7-4-15/h3-8,11,14,22H,9-10,12-13H2,1-2H3/t14-/m0/s1. The maximum atomic E-state index is 12.8. The number of amides is 1. The SMILES string of the molecule is COc1cc(C(=O)N2CCNC[C@@H]2C)ccc1OCc1ccc(Cl)cc1. The Morgan fingerprint density at radius 2 is 2.00 bits per heavy atom. The summed E-state index contributed by atoms with van der Waals surface area (Å²) in [5.74, 6) is 1.17. The average Bonchev–Trinajstić information content (AvgIpc) is 2.67. The summed E-state index contributed by atoms with van der Waals surface area (Å²) in [6.45, 7) is 4.78. The first kappa shape index (κ1) is 18.5. The van der Waals surface area contributed by atoms with Gasteiger partial charge >= 0.3 is 0 Å². The highest BCUT2D eigenvalue weighted by Gasteiger charge is 2.24. The molecule has 0 aliphatic carbocycles. The van der Waals surface area contributed by atoms with E-state index in [1.165, 1.54) is 0 Å². The van der Waals surface area contributed by atoms with Crippen LogP contribution in [-0.2, 0) is 6.61 Å². The van der Waals surface area contributed by atoms with Crippen molar-refractivity contribution in [2.24, 2.45) is 0 Å². The predicted molar refractivity (Wildman–Crippen MR) is 102 cm³/mol. The number of methoxy groups -OCH3 is 1. The number of carbonyl (C=O) groups is 1. The molecule has 1 N–H and O–H groups in total. The Morgan fingerprint density at radius 3 is 2.69 bits per heavy atom. The van der Waals surface area contributed by atoms with Crippen molar-refractivity contribution >= 4 is 17.5 Å². The number of piperazine rings is 1. The number of ether oxygens (including phenoxy) is 2. The van der Waals surface area contributed by atoms with E-state index >= 15 is 0 Å². The fraction of sp³-hybridized carbons (Fsp3) is 0.350. The first-order valence-corrected chi connectivity index (χ1v) is 9.03. The van der Waals surface area contributed by atoms with E-state index < -0.39 is 0 Å². The second-order valence-corrected chi connectivity index (χ2v) is 6.77. The lowest BCUT2D eigenvalue weighted by Gasteiger charge is -2.34. The first-order valence-electron chi connectivity index (χ1n) is 8.65. The van der Waals surface area contributed by atoms with Crippen molar-refractivity contribution in [3.8, 4) is 11.5 Å². The molecule has 5 nitrogen and oxygen atoms in total. The summed E-state index contributed by atoms with van der Waals surface area (Å²) in [5, 5.41) is 3.98. The molecule has 0 radical (unpaired) electrons. The van der Waals surface area contributed by atoms with Gasteiger partial charge in [0.15, 0.2) is 11.5 Å². The van der Waals surface area contributed by atoms with E-state index in [9.17, 15) is 4.79 Å². The molecule has 3 rings (SSSR count). The van der Waals surface area contributed by atoms with Crippen LogP contribution in [0.5, 0.6) is 11.5 Å². The second-order valence-electron chi connectivity index (χ2n) is 6.33. The van der Waals surface area contributed by atoms with Crippen molar-refractivity contribution in [3.05, 3.63) is 58.6 Å². The topological polar surface area (TPSA) is 50.8 Å². The normalized spacial score (nSPS) is 17.0. The van der Waals surface area contributed by atoms with Gasteiger partial charge in [-0.3, -0.25) is 4.79 Å². The third-order valence-corrected chi connectivity index (χ3v) is 4.73. The van der Waals surface area contributed by atoms with Crippen LogP contribution in [0, 0.1) is 0 Å². The van der Waals surface area contributed by atoms with Gasteiger partial charge in [0.2, 0.25) is 0 Å². The zero-order valence-corrected chi connectivity index (χ0v) is 15.8. The lowest BCUT2D eigenvalue weighted by Crippen LogP contribution is -2.52. The Balaban J connectivity index is 1.72. The van der Waals surface area contributed by atoms with Crippen LogP contribution in [0.15, 0.2) is 42.5 Å². The second kappa shape index (κ2) is 8.43. The molecular weight excluding hydrogens is 352 g/mol. The van der Waals surface area contributed by atoms with Gasteiger partial charge in [-0.15, -0.1) is 0 Å². The number of hydrogen-bond acceptors (Lipinski definition) is 4. The minimum Gasteiger partial charge on any atom is -0.493 e. The van der Waals surface area contributed by atoms with Crippen LogP contribution in [0.2, 0.25) is 5.02 Å². The van der Waals surface area contributed by atoms with Gasteiger partial charge in [-0.1, -0.05) is 23.7 Å². The first-order chi connectivity index (χ1) is 12.6.